The Hall–Kier alpha value is -1.35. The number of aliphatic hydroxyl groups is 1. The molecule has 2 aromatic heterocycles. The number of fused-ring (bicyclic) bond motifs is 1. The van der Waals surface area contributed by atoms with Gasteiger partial charge < -0.3 is 9.51 Å². The zero-order chi connectivity index (χ0) is 14.5. The summed E-state index contributed by atoms with van der Waals surface area (Å²) in [7, 11) is 0. The third-order valence-corrected chi connectivity index (χ3v) is 7.34. The van der Waals surface area contributed by atoms with E-state index in [0.717, 1.165) is 23.0 Å². The minimum atomic E-state index is -0.302. The predicted octanol–water partition coefficient (Wildman–Crippen LogP) is 3.68. The SMILES string of the molecule is OC(c1c(C2CC2)ccc2cncn12)C1CC23CC2CCC13. The summed E-state index contributed by atoms with van der Waals surface area (Å²) in [4.78, 5) is 4.31. The van der Waals surface area contributed by atoms with Crippen LogP contribution in [-0.2, 0) is 0 Å². The van der Waals surface area contributed by atoms with Crippen LogP contribution < -0.4 is 0 Å². The molecule has 0 aromatic carbocycles. The van der Waals surface area contributed by atoms with Crippen LogP contribution in [0.4, 0.5) is 0 Å². The van der Waals surface area contributed by atoms with Crippen molar-refractivity contribution in [3.63, 3.8) is 0 Å². The van der Waals surface area contributed by atoms with Crippen LogP contribution in [0.25, 0.3) is 5.52 Å². The first-order valence-corrected chi connectivity index (χ1v) is 8.91. The van der Waals surface area contributed by atoms with Crippen molar-refractivity contribution in [3.8, 4) is 0 Å². The van der Waals surface area contributed by atoms with Gasteiger partial charge in [-0.25, -0.2) is 4.98 Å². The maximum absolute atomic E-state index is 11.2. The second-order valence-corrected chi connectivity index (χ2v) is 8.27. The molecule has 0 saturated heterocycles. The van der Waals surface area contributed by atoms with E-state index in [9.17, 15) is 5.11 Å². The van der Waals surface area contributed by atoms with Gasteiger partial charge in [0.1, 0.15) is 0 Å². The second kappa shape index (κ2) is 3.76. The molecule has 1 spiro atoms. The highest BCUT2D eigenvalue weighted by atomic mass is 16.3. The lowest BCUT2D eigenvalue weighted by atomic mass is 9.60. The van der Waals surface area contributed by atoms with E-state index in [1.54, 1.807) is 0 Å². The fraction of sp³-hybridized carbons (Fsp3) is 0.632. The van der Waals surface area contributed by atoms with Crippen molar-refractivity contribution in [1.29, 1.82) is 0 Å². The smallest absolute Gasteiger partial charge is 0.0995 e. The topological polar surface area (TPSA) is 37.5 Å². The van der Waals surface area contributed by atoms with Crippen molar-refractivity contribution >= 4 is 5.52 Å². The summed E-state index contributed by atoms with van der Waals surface area (Å²) in [5.74, 6) is 2.95. The van der Waals surface area contributed by atoms with Gasteiger partial charge in [-0.3, -0.25) is 0 Å². The summed E-state index contributed by atoms with van der Waals surface area (Å²) < 4.78 is 2.16. The molecule has 0 amide bonds. The Labute approximate surface area is 130 Å². The average molecular weight is 294 g/mol. The summed E-state index contributed by atoms with van der Waals surface area (Å²) in [6, 6.07) is 4.40. The van der Waals surface area contributed by atoms with Gasteiger partial charge in [0.25, 0.3) is 0 Å². The first-order valence-electron chi connectivity index (χ1n) is 8.91. The minimum absolute atomic E-state index is 0.302. The molecule has 0 radical (unpaired) electrons. The van der Waals surface area contributed by atoms with Crippen LogP contribution in [0.1, 0.15) is 61.8 Å². The maximum Gasteiger partial charge on any atom is 0.0995 e. The van der Waals surface area contributed by atoms with Crippen LogP contribution in [0.15, 0.2) is 24.7 Å². The van der Waals surface area contributed by atoms with Crippen LogP contribution in [0, 0.1) is 23.2 Å². The normalized spacial score (nSPS) is 40.1. The standard InChI is InChI=1S/C19H22N2O/c22-18(15-8-19-7-12(19)3-6-16(15)19)17-14(11-1-2-11)5-4-13-9-20-10-21(13)17/h4-5,9-12,15-16,18,22H,1-3,6-8H2. The number of nitrogens with zero attached hydrogens (tertiary/aromatic N) is 2. The maximum atomic E-state index is 11.2. The lowest BCUT2D eigenvalue weighted by Crippen LogP contribution is -2.41. The Morgan fingerprint density at radius 3 is 2.86 bits per heavy atom. The van der Waals surface area contributed by atoms with Crippen LogP contribution >= 0.6 is 0 Å². The Morgan fingerprint density at radius 1 is 1.18 bits per heavy atom. The zero-order valence-electron chi connectivity index (χ0n) is 12.8. The highest BCUT2D eigenvalue weighted by Gasteiger charge is 2.71. The van der Waals surface area contributed by atoms with Crippen LogP contribution in [0.3, 0.4) is 0 Å². The first kappa shape index (κ1) is 12.1. The molecule has 1 N–H and O–H groups in total. The van der Waals surface area contributed by atoms with E-state index in [4.69, 9.17) is 0 Å². The van der Waals surface area contributed by atoms with Gasteiger partial charge in [-0.2, -0.15) is 0 Å². The number of hydrogen-bond donors (Lipinski definition) is 1. The quantitative estimate of drug-likeness (QED) is 0.937. The molecule has 0 aliphatic heterocycles. The Kier molecular flexibility index (Phi) is 2.07. The minimum Gasteiger partial charge on any atom is -0.387 e. The second-order valence-electron chi connectivity index (χ2n) is 8.27. The molecule has 2 heterocycles. The number of hydrogen-bond acceptors (Lipinski definition) is 2. The Bertz CT molecular complexity index is 775. The molecule has 0 bridgehead atoms. The molecule has 4 saturated carbocycles. The zero-order valence-corrected chi connectivity index (χ0v) is 12.8. The van der Waals surface area contributed by atoms with Gasteiger partial charge in [-0.1, -0.05) is 6.07 Å². The summed E-state index contributed by atoms with van der Waals surface area (Å²) in [5.41, 5.74) is 4.32. The van der Waals surface area contributed by atoms with Crippen LogP contribution in [0.2, 0.25) is 0 Å². The predicted molar refractivity (Wildman–Crippen MR) is 83.5 cm³/mol. The molecule has 4 aliphatic carbocycles. The van der Waals surface area contributed by atoms with Crippen LogP contribution in [-0.4, -0.2) is 14.5 Å². The molecule has 5 unspecified atom stereocenters. The molecular weight excluding hydrogens is 272 g/mol. The lowest BCUT2D eigenvalue weighted by Gasteiger charge is -2.46. The number of pyridine rings is 1. The Balaban J connectivity index is 1.44. The van der Waals surface area contributed by atoms with Gasteiger partial charge in [0, 0.05) is 0 Å². The van der Waals surface area contributed by atoms with E-state index in [1.807, 2.05) is 12.5 Å². The molecule has 2 aromatic rings. The van der Waals surface area contributed by atoms with Gasteiger partial charge in [-0.15, -0.1) is 0 Å². The molecule has 6 rings (SSSR count). The lowest BCUT2D eigenvalue weighted by molar-refractivity contribution is -0.0461. The summed E-state index contributed by atoms with van der Waals surface area (Å²) in [6.07, 6.45) is 11.5. The summed E-state index contributed by atoms with van der Waals surface area (Å²) >= 11 is 0. The average Bonchev–Trinajstić information content (AvgIpc) is 3.40. The van der Waals surface area contributed by atoms with Gasteiger partial charge >= 0.3 is 0 Å². The number of rotatable bonds is 3. The van der Waals surface area contributed by atoms with Crippen molar-refractivity contribution in [2.45, 2.75) is 50.5 Å². The van der Waals surface area contributed by atoms with Gasteiger partial charge in [0.15, 0.2) is 0 Å². The molecule has 3 nitrogen and oxygen atoms in total. The van der Waals surface area contributed by atoms with Gasteiger partial charge in [-0.05, 0) is 79.2 Å². The van der Waals surface area contributed by atoms with Crippen molar-refractivity contribution in [3.05, 3.63) is 35.9 Å². The molecule has 4 aliphatic rings. The van der Waals surface area contributed by atoms with E-state index >= 15 is 0 Å². The van der Waals surface area contributed by atoms with Crippen molar-refractivity contribution < 1.29 is 5.11 Å². The van der Waals surface area contributed by atoms with Gasteiger partial charge in [0.05, 0.1) is 29.8 Å². The van der Waals surface area contributed by atoms with E-state index < -0.39 is 0 Å². The van der Waals surface area contributed by atoms with E-state index in [0.29, 0.717) is 17.3 Å². The third kappa shape index (κ3) is 1.35. The fourth-order valence-electron chi connectivity index (χ4n) is 5.99. The van der Waals surface area contributed by atoms with Crippen molar-refractivity contribution in [1.82, 2.24) is 9.38 Å². The molecule has 22 heavy (non-hydrogen) atoms. The molecule has 3 heteroatoms. The molecule has 5 atom stereocenters. The highest BCUT2D eigenvalue weighted by molar-refractivity contribution is 5.50. The number of imidazole rings is 1. The molecule has 114 valence electrons. The number of aromatic nitrogens is 2. The molecular formula is C19H22N2O. The summed E-state index contributed by atoms with van der Waals surface area (Å²) in [6.45, 7) is 0. The molecule has 4 fully saturated rings. The van der Waals surface area contributed by atoms with E-state index in [1.165, 1.54) is 44.1 Å². The van der Waals surface area contributed by atoms with E-state index in [2.05, 4.69) is 21.5 Å². The van der Waals surface area contributed by atoms with Crippen molar-refractivity contribution in [2.75, 3.05) is 0 Å². The number of aliphatic hydroxyl groups excluding tert-OH is 1. The highest BCUT2D eigenvalue weighted by Crippen LogP contribution is 2.79. The third-order valence-electron chi connectivity index (χ3n) is 7.34. The monoisotopic (exact) mass is 294 g/mol. The van der Waals surface area contributed by atoms with Crippen molar-refractivity contribution in [2.24, 2.45) is 23.2 Å². The Morgan fingerprint density at radius 2 is 2.09 bits per heavy atom. The summed E-state index contributed by atoms with van der Waals surface area (Å²) in [5, 5.41) is 11.2. The van der Waals surface area contributed by atoms with E-state index in [-0.39, 0.29) is 6.10 Å². The fourth-order valence-corrected chi connectivity index (χ4v) is 5.99. The first-order chi connectivity index (χ1) is 10.8. The van der Waals surface area contributed by atoms with Gasteiger partial charge in [0.2, 0.25) is 0 Å². The largest absolute Gasteiger partial charge is 0.387 e. The van der Waals surface area contributed by atoms with Crippen LogP contribution in [0.5, 0.6) is 0 Å².